The number of hydrogen-bond donors (Lipinski definition) is 0. The van der Waals surface area contributed by atoms with Gasteiger partial charge in [0, 0.05) is 25.7 Å². The predicted octanol–water partition coefficient (Wildman–Crippen LogP) is 2.96. The third kappa shape index (κ3) is 5.25. The van der Waals surface area contributed by atoms with E-state index in [1.807, 2.05) is 17.0 Å². The molecule has 1 atom stereocenters. The van der Waals surface area contributed by atoms with Crippen molar-refractivity contribution in [2.45, 2.75) is 51.0 Å². The third-order valence-corrected chi connectivity index (χ3v) is 6.25. The fraction of sp³-hybridized carbons (Fsp3) is 0.652. The number of methoxy groups -OCH3 is 3. The van der Waals surface area contributed by atoms with Crippen molar-refractivity contribution in [1.29, 1.82) is 0 Å². The first-order valence-corrected chi connectivity index (χ1v) is 10.9. The predicted molar refractivity (Wildman–Crippen MR) is 114 cm³/mol. The number of hydrogen-bond acceptors (Lipinski definition) is 6. The normalized spacial score (nSPS) is 20.0. The van der Waals surface area contributed by atoms with Crippen molar-refractivity contribution in [3.05, 3.63) is 23.3 Å². The minimum absolute atomic E-state index is 0.149. The second-order valence-corrected chi connectivity index (χ2v) is 8.07. The molecule has 0 N–H and O–H groups in total. The summed E-state index contributed by atoms with van der Waals surface area (Å²) in [7, 11) is 4.62. The van der Waals surface area contributed by atoms with Crippen molar-refractivity contribution in [2.75, 3.05) is 47.5 Å². The van der Waals surface area contributed by atoms with Crippen molar-refractivity contribution < 1.29 is 23.8 Å². The van der Waals surface area contributed by atoms with Gasteiger partial charge < -0.3 is 19.1 Å². The average molecular weight is 419 g/mol. The zero-order chi connectivity index (χ0) is 21.5. The maximum atomic E-state index is 13.1. The topological polar surface area (TPSA) is 68.3 Å². The van der Waals surface area contributed by atoms with Crippen molar-refractivity contribution >= 4 is 11.9 Å². The van der Waals surface area contributed by atoms with Crippen LogP contribution in [0.1, 0.15) is 55.7 Å². The maximum Gasteiger partial charge on any atom is 0.307 e. The lowest BCUT2D eigenvalue weighted by atomic mass is 9.90. The van der Waals surface area contributed by atoms with Gasteiger partial charge in [-0.25, -0.2) is 0 Å². The lowest BCUT2D eigenvalue weighted by Gasteiger charge is -2.38. The van der Waals surface area contributed by atoms with Crippen LogP contribution in [0.4, 0.5) is 0 Å². The van der Waals surface area contributed by atoms with Gasteiger partial charge in [0.15, 0.2) is 11.5 Å². The van der Waals surface area contributed by atoms with E-state index in [0.717, 1.165) is 43.5 Å². The first-order valence-electron chi connectivity index (χ1n) is 10.9. The molecule has 0 saturated carbocycles. The summed E-state index contributed by atoms with van der Waals surface area (Å²) >= 11 is 0. The second kappa shape index (κ2) is 10.7. The molecule has 7 heteroatoms. The molecule has 0 aliphatic carbocycles. The fourth-order valence-electron chi connectivity index (χ4n) is 4.52. The summed E-state index contributed by atoms with van der Waals surface area (Å²) in [6, 6.07) is 3.70. The minimum Gasteiger partial charge on any atom is -0.493 e. The van der Waals surface area contributed by atoms with Gasteiger partial charge in [0.1, 0.15) is 0 Å². The molecule has 0 bridgehead atoms. The largest absolute Gasteiger partial charge is 0.493 e. The Morgan fingerprint density at radius 1 is 0.933 bits per heavy atom. The smallest absolute Gasteiger partial charge is 0.307 e. The van der Waals surface area contributed by atoms with Gasteiger partial charge >= 0.3 is 5.97 Å². The highest BCUT2D eigenvalue weighted by atomic mass is 16.5. The molecule has 30 heavy (non-hydrogen) atoms. The summed E-state index contributed by atoms with van der Waals surface area (Å²) in [6.07, 6.45) is 6.76. The Hall–Kier alpha value is -2.28. The Morgan fingerprint density at radius 2 is 1.57 bits per heavy atom. The van der Waals surface area contributed by atoms with E-state index in [0.29, 0.717) is 24.6 Å². The molecule has 1 aromatic rings. The highest BCUT2D eigenvalue weighted by molar-refractivity contribution is 5.78. The van der Waals surface area contributed by atoms with Crippen LogP contribution in [0, 0.1) is 0 Å². The zero-order valence-corrected chi connectivity index (χ0v) is 18.4. The van der Waals surface area contributed by atoms with Crippen LogP contribution in [-0.4, -0.2) is 69.2 Å². The number of carbonyl (C=O) groups excluding carboxylic acids is 2. The maximum absolute atomic E-state index is 13.1. The number of amides is 1. The number of benzene rings is 1. The second-order valence-electron chi connectivity index (χ2n) is 8.07. The molecular formula is C23H34N2O5. The van der Waals surface area contributed by atoms with Gasteiger partial charge in [-0.2, -0.15) is 0 Å². The molecule has 1 saturated heterocycles. The minimum atomic E-state index is -0.286. The van der Waals surface area contributed by atoms with Gasteiger partial charge in [-0.3, -0.25) is 14.5 Å². The van der Waals surface area contributed by atoms with Crippen LogP contribution < -0.4 is 9.47 Å². The number of carbonyl (C=O) groups is 2. The SMILES string of the molecule is COC(=O)C[C@H]1c2cc(OC)c(OC)cc2CCN1CC(=O)N1CCCCCCC1. The molecule has 0 unspecified atom stereocenters. The van der Waals surface area contributed by atoms with Gasteiger partial charge in [-0.1, -0.05) is 19.3 Å². The van der Waals surface area contributed by atoms with E-state index in [1.165, 1.54) is 26.4 Å². The van der Waals surface area contributed by atoms with E-state index in [2.05, 4.69) is 4.90 Å². The molecule has 2 aliphatic rings. The standard InChI is InChI=1S/C23H34N2O5/c1-28-20-13-17-9-12-25(16-22(26)24-10-7-5-4-6-8-11-24)19(15-23(27)30-3)18(17)14-21(20)29-2/h13-14,19H,4-12,15-16H2,1-3H3/t19-/m0/s1. The molecule has 2 heterocycles. The molecule has 166 valence electrons. The Labute approximate surface area is 179 Å². The number of ether oxygens (including phenoxy) is 3. The Kier molecular flexibility index (Phi) is 7.96. The molecular weight excluding hydrogens is 384 g/mol. The van der Waals surface area contributed by atoms with Gasteiger partial charge in [0.05, 0.1) is 34.3 Å². The first-order chi connectivity index (χ1) is 14.6. The highest BCUT2D eigenvalue weighted by Gasteiger charge is 2.33. The molecule has 2 aliphatic heterocycles. The molecule has 7 nitrogen and oxygen atoms in total. The van der Waals surface area contributed by atoms with Crippen LogP contribution in [0.15, 0.2) is 12.1 Å². The van der Waals surface area contributed by atoms with Gasteiger partial charge in [0.2, 0.25) is 5.91 Å². The summed E-state index contributed by atoms with van der Waals surface area (Å²) in [4.78, 5) is 29.4. The van der Waals surface area contributed by atoms with Crippen LogP contribution in [0.2, 0.25) is 0 Å². The summed E-state index contributed by atoms with van der Waals surface area (Å²) in [6.45, 7) is 2.69. The van der Waals surface area contributed by atoms with Crippen LogP contribution in [-0.2, 0) is 20.7 Å². The van der Waals surface area contributed by atoms with Gasteiger partial charge in [-0.15, -0.1) is 0 Å². The van der Waals surface area contributed by atoms with E-state index in [1.54, 1.807) is 14.2 Å². The lowest BCUT2D eigenvalue weighted by molar-refractivity contribution is -0.143. The molecule has 1 amide bonds. The zero-order valence-electron chi connectivity index (χ0n) is 18.4. The van der Waals surface area contributed by atoms with E-state index in [4.69, 9.17) is 14.2 Å². The van der Waals surface area contributed by atoms with Gasteiger partial charge in [-0.05, 0) is 42.5 Å². The average Bonchev–Trinajstić information content (AvgIpc) is 2.73. The van der Waals surface area contributed by atoms with Gasteiger partial charge in [0.25, 0.3) is 0 Å². The summed E-state index contributed by atoms with van der Waals surface area (Å²) in [5.74, 6) is 1.17. The molecule has 0 radical (unpaired) electrons. The summed E-state index contributed by atoms with van der Waals surface area (Å²) in [5.41, 5.74) is 2.13. The molecule has 1 fully saturated rings. The summed E-state index contributed by atoms with van der Waals surface area (Å²) in [5, 5.41) is 0. The third-order valence-electron chi connectivity index (χ3n) is 6.25. The van der Waals surface area contributed by atoms with Crippen LogP contribution in [0.25, 0.3) is 0 Å². The van der Waals surface area contributed by atoms with Crippen LogP contribution >= 0.6 is 0 Å². The number of fused-ring (bicyclic) bond motifs is 1. The molecule has 0 aromatic heterocycles. The quantitative estimate of drug-likeness (QED) is 0.662. The van der Waals surface area contributed by atoms with Crippen molar-refractivity contribution in [1.82, 2.24) is 9.80 Å². The Morgan fingerprint density at radius 3 is 2.20 bits per heavy atom. The highest BCUT2D eigenvalue weighted by Crippen LogP contribution is 2.39. The van der Waals surface area contributed by atoms with Crippen LogP contribution in [0.3, 0.4) is 0 Å². The van der Waals surface area contributed by atoms with E-state index in [9.17, 15) is 9.59 Å². The monoisotopic (exact) mass is 418 g/mol. The molecule has 1 aromatic carbocycles. The van der Waals surface area contributed by atoms with E-state index < -0.39 is 0 Å². The number of likely N-dealkylation sites (tertiary alicyclic amines) is 1. The first kappa shape index (κ1) is 22.4. The number of nitrogens with zero attached hydrogens (tertiary/aromatic N) is 2. The number of rotatable bonds is 6. The van der Waals surface area contributed by atoms with E-state index >= 15 is 0 Å². The Balaban J connectivity index is 1.83. The fourth-order valence-corrected chi connectivity index (χ4v) is 4.52. The van der Waals surface area contributed by atoms with Crippen molar-refractivity contribution in [2.24, 2.45) is 0 Å². The Bertz CT molecular complexity index is 743. The lowest BCUT2D eigenvalue weighted by Crippen LogP contribution is -2.45. The van der Waals surface area contributed by atoms with Crippen molar-refractivity contribution in [3.63, 3.8) is 0 Å². The molecule has 0 spiro atoms. The van der Waals surface area contributed by atoms with Crippen molar-refractivity contribution in [3.8, 4) is 11.5 Å². The summed E-state index contributed by atoms with van der Waals surface area (Å²) < 4.78 is 15.9. The van der Waals surface area contributed by atoms with Crippen LogP contribution in [0.5, 0.6) is 11.5 Å². The molecule has 3 rings (SSSR count). The van der Waals surface area contributed by atoms with E-state index in [-0.39, 0.29) is 24.3 Å². The number of esters is 1.